The molecule has 6 heteroatoms. The Morgan fingerprint density at radius 2 is 2.10 bits per heavy atom. The van der Waals surface area contributed by atoms with Crippen molar-refractivity contribution in [3.8, 4) is 0 Å². The van der Waals surface area contributed by atoms with Crippen molar-refractivity contribution in [2.75, 3.05) is 6.54 Å². The summed E-state index contributed by atoms with van der Waals surface area (Å²) in [6.45, 7) is 4.30. The minimum Gasteiger partial charge on any atom is -0.326 e. The van der Waals surface area contributed by atoms with E-state index in [1.54, 1.807) is 0 Å². The van der Waals surface area contributed by atoms with Crippen LogP contribution in [0.5, 0.6) is 0 Å². The van der Waals surface area contributed by atoms with E-state index in [-0.39, 0.29) is 23.0 Å². The number of sulfonamides is 1. The van der Waals surface area contributed by atoms with E-state index < -0.39 is 15.8 Å². The summed E-state index contributed by atoms with van der Waals surface area (Å²) in [4.78, 5) is 0.000880. The zero-order valence-corrected chi connectivity index (χ0v) is 12.7. The fraction of sp³-hybridized carbons (Fsp3) is 0.571. The van der Waals surface area contributed by atoms with Gasteiger partial charge in [0, 0.05) is 24.7 Å². The van der Waals surface area contributed by atoms with Crippen LogP contribution in [0.2, 0.25) is 0 Å². The van der Waals surface area contributed by atoms with Gasteiger partial charge in [0.2, 0.25) is 10.0 Å². The van der Waals surface area contributed by atoms with E-state index in [2.05, 4.69) is 0 Å². The molecule has 1 aromatic carbocycles. The number of halogens is 1. The van der Waals surface area contributed by atoms with Gasteiger partial charge in [0.1, 0.15) is 5.82 Å². The molecule has 0 aromatic heterocycles. The number of benzene rings is 1. The van der Waals surface area contributed by atoms with Crippen molar-refractivity contribution in [3.05, 3.63) is 29.6 Å². The van der Waals surface area contributed by atoms with Crippen LogP contribution in [-0.2, 0) is 16.6 Å². The van der Waals surface area contributed by atoms with Crippen LogP contribution >= 0.6 is 0 Å². The van der Waals surface area contributed by atoms with Crippen LogP contribution in [0.15, 0.2) is 23.1 Å². The first-order chi connectivity index (χ1) is 9.39. The monoisotopic (exact) mass is 300 g/mol. The lowest BCUT2D eigenvalue weighted by Crippen LogP contribution is -2.46. The van der Waals surface area contributed by atoms with E-state index in [0.717, 1.165) is 12.8 Å². The first-order valence-corrected chi connectivity index (χ1v) is 8.33. The summed E-state index contributed by atoms with van der Waals surface area (Å²) in [6.07, 6.45) is 1.85. The van der Waals surface area contributed by atoms with E-state index in [4.69, 9.17) is 5.73 Å². The molecule has 1 heterocycles. The lowest BCUT2D eigenvalue weighted by atomic mass is 9.94. The molecule has 2 N–H and O–H groups in total. The van der Waals surface area contributed by atoms with Crippen molar-refractivity contribution in [2.45, 2.75) is 44.2 Å². The second kappa shape index (κ2) is 5.79. The Labute approximate surface area is 119 Å². The predicted octanol–water partition coefficient (Wildman–Crippen LogP) is 2.09. The van der Waals surface area contributed by atoms with Crippen LogP contribution in [0.25, 0.3) is 0 Å². The molecule has 0 aliphatic carbocycles. The highest BCUT2D eigenvalue weighted by Crippen LogP contribution is 2.30. The molecule has 1 aliphatic heterocycles. The molecule has 0 spiro atoms. The lowest BCUT2D eigenvalue weighted by Gasteiger charge is -2.37. The molecule has 1 aromatic rings. The molecule has 2 unspecified atom stereocenters. The first kappa shape index (κ1) is 15.4. The average Bonchev–Trinajstić information content (AvgIpc) is 2.41. The lowest BCUT2D eigenvalue weighted by molar-refractivity contribution is 0.202. The summed E-state index contributed by atoms with van der Waals surface area (Å²) in [5, 5.41) is 0. The van der Waals surface area contributed by atoms with Crippen LogP contribution in [0, 0.1) is 11.7 Å². The molecule has 4 nitrogen and oxygen atoms in total. The maximum Gasteiger partial charge on any atom is 0.243 e. The smallest absolute Gasteiger partial charge is 0.243 e. The van der Waals surface area contributed by atoms with Crippen molar-refractivity contribution >= 4 is 10.0 Å². The summed E-state index contributed by atoms with van der Waals surface area (Å²) in [5.74, 6) is -0.264. The highest BCUT2D eigenvalue weighted by molar-refractivity contribution is 7.89. The van der Waals surface area contributed by atoms with Gasteiger partial charge >= 0.3 is 0 Å². The molecule has 0 amide bonds. The van der Waals surface area contributed by atoms with Crippen molar-refractivity contribution in [2.24, 2.45) is 11.7 Å². The fourth-order valence-corrected chi connectivity index (χ4v) is 4.75. The normalized spacial score (nSPS) is 24.8. The summed E-state index contributed by atoms with van der Waals surface area (Å²) in [5.41, 5.74) is 5.58. The van der Waals surface area contributed by atoms with Gasteiger partial charge in [0.25, 0.3) is 0 Å². The highest BCUT2D eigenvalue weighted by atomic mass is 32.2. The van der Waals surface area contributed by atoms with Gasteiger partial charge in [-0.05, 0) is 37.8 Å². The van der Waals surface area contributed by atoms with Crippen molar-refractivity contribution in [1.29, 1.82) is 0 Å². The zero-order valence-electron chi connectivity index (χ0n) is 11.8. The third-order valence-electron chi connectivity index (χ3n) is 4.18. The Bertz CT molecular complexity index is 589. The molecule has 0 saturated carbocycles. The standard InChI is InChI=1S/C14H21FN2O2S/c1-10-5-4-8-17(11(10)2)20(18,19)14-7-3-6-13(15)12(14)9-16/h3,6-7,10-11H,4-5,8-9,16H2,1-2H3. The molecular weight excluding hydrogens is 279 g/mol. The van der Waals surface area contributed by atoms with E-state index in [1.165, 1.54) is 22.5 Å². The van der Waals surface area contributed by atoms with Crippen LogP contribution in [0.3, 0.4) is 0 Å². The van der Waals surface area contributed by atoms with Crippen LogP contribution in [0.4, 0.5) is 4.39 Å². The molecule has 1 aliphatic rings. The molecule has 20 heavy (non-hydrogen) atoms. The van der Waals surface area contributed by atoms with Crippen molar-refractivity contribution < 1.29 is 12.8 Å². The summed E-state index contributed by atoms with van der Waals surface area (Å²) in [7, 11) is -3.70. The summed E-state index contributed by atoms with van der Waals surface area (Å²) in [6, 6.07) is 4.01. The van der Waals surface area contributed by atoms with E-state index >= 15 is 0 Å². The number of hydrogen-bond donors (Lipinski definition) is 1. The third-order valence-corrected chi connectivity index (χ3v) is 6.25. The maximum atomic E-state index is 13.8. The SMILES string of the molecule is CC1CCCN(S(=O)(=O)c2cccc(F)c2CN)C1C. The van der Waals surface area contributed by atoms with Gasteiger partial charge in [-0.15, -0.1) is 0 Å². The van der Waals surface area contributed by atoms with Crippen LogP contribution in [-0.4, -0.2) is 25.3 Å². The van der Waals surface area contributed by atoms with Gasteiger partial charge in [-0.2, -0.15) is 4.31 Å². The number of nitrogens with zero attached hydrogens (tertiary/aromatic N) is 1. The maximum absolute atomic E-state index is 13.8. The molecule has 1 fully saturated rings. The highest BCUT2D eigenvalue weighted by Gasteiger charge is 2.35. The largest absolute Gasteiger partial charge is 0.326 e. The minimum atomic E-state index is -3.70. The molecular formula is C14H21FN2O2S. The number of nitrogens with two attached hydrogens (primary N) is 1. The van der Waals surface area contributed by atoms with Crippen molar-refractivity contribution in [3.63, 3.8) is 0 Å². The van der Waals surface area contributed by atoms with E-state index in [9.17, 15) is 12.8 Å². The van der Waals surface area contributed by atoms with Crippen LogP contribution < -0.4 is 5.73 Å². The second-order valence-corrected chi connectivity index (χ2v) is 7.26. The van der Waals surface area contributed by atoms with Crippen molar-refractivity contribution in [1.82, 2.24) is 4.31 Å². The average molecular weight is 300 g/mol. The molecule has 0 radical (unpaired) electrons. The second-order valence-electron chi connectivity index (χ2n) is 5.40. The van der Waals surface area contributed by atoms with E-state index in [0.29, 0.717) is 12.5 Å². The topological polar surface area (TPSA) is 63.4 Å². The number of hydrogen-bond acceptors (Lipinski definition) is 3. The minimum absolute atomic E-state index is 0.000880. The summed E-state index contributed by atoms with van der Waals surface area (Å²) < 4.78 is 40.8. The third kappa shape index (κ3) is 2.60. The Morgan fingerprint density at radius 1 is 1.40 bits per heavy atom. The summed E-state index contributed by atoms with van der Waals surface area (Å²) >= 11 is 0. The Kier molecular flexibility index (Phi) is 4.46. The molecule has 2 atom stereocenters. The van der Waals surface area contributed by atoms with Gasteiger partial charge in [0.15, 0.2) is 0 Å². The van der Waals surface area contributed by atoms with Gasteiger partial charge in [0.05, 0.1) is 4.90 Å². The Morgan fingerprint density at radius 3 is 2.75 bits per heavy atom. The molecule has 2 rings (SSSR count). The van der Waals surface area contributed by atoms with Crippen LogP contribution in [0.1, 0.15) is 32.3 Å². The zero-order chi connectivity index (χ0) is 14.9. The first-order valence-electron chi connectivity index (χ1n) is 6.89. The predicted molar refractivity (Wildman–Crippen MR) is 76.0 cm³/mol. The Balaban J connectivity index is 2.48. The molecule has 112 valence electrons. The van der Waals surface area contributed by atoms with Gasteiger partial charge in [-0.3, -0.25) is 0 Å². The van der Waals surface area contributed by atoms with Gasteiger partial charge in [-0.1, -0.05) is 13.0 Å². The quantitative estimate of drug-likeness (QED) is 0.929. The van der Waals surface area contributed by atoms with Gasteiger partial charge in [-0.25, -0.2) is 12.8 Å². The van der Waals surface area contributed by atoms with Gasteiger partial charge < -0.3 is 5.73 Å². The molecule has 0 bridgehead atoms. The number of rotatable bonds is 3. The number of piperidine rings is 1. The Hall–Kier alpha value is -0.980. The fourth-order valence-electron chi connectivity index (χ4n) is 2.74. The molecule has 1 saturated heterocycles. The van der Waals surface area contributed by atoms with E-state index in [1.807, 2.05) is 13.8 Å².